The highest BCUT2D eigenvalue weighted by Gasteiger charge is 2.13. The SMILES string of the molecule is COc1ccc([C@H](N)[C@H](C)O)cc1Cl. The van der Waals surface area contributed by atoms with Gasteiger partial charge in [-0.15, -0.1) is 0 Å². The van der Waals surface area contributed by atoms with E-state index in [2.05, 4.69) is 0 Å². The number of aliphatic hydroxyl groups is 1. The second-order valence-electron chi connectivity index (χ2n) is 3.16. The van der Waals surface area contributed by atoms with Crippen LogP contribution in [0.15, 0.2) is 18.2 Å². The van der Waals surface area contributed by atoms with Crippen molar-refractivity contribution in [2.75, 3.05) is 7.11 Å². The molecule has 0 unspecified atom stereocenters. The van der Waals surface area contributed by atoms with E-state index in [-0.39, 0.29) is 0 Å². The van der Waals surface area contributed by atoms with E-state index in [0.29, 0.717) is 10.8 Å². The number of aliphatic hydroxyl groups excluding tert-OH is 1. The molecule has 0 aliphatic rings. The van der Waals surface area contributed by atoms with Crippen molar-refractivity contribution in [3.8, 4) is 5.75 Å². The fourth-order valence-electron chi connectivity index (χ4n) is 1.17. The number of nitrogens with two attached hydrogens (primary N) is 1. The smallest absolute Gasteiger partial charge is 0.137 e. The third kappa shape index (κ3) is 2.38. The van der Waals surface area contributed by atoms with E-state index in [4.69, 9.17) is 22.1 Å². The topological polar surface area (TPSA) is 55.5 Å². The monoisotopic (exact) mass is 215 g/mol. The predicted octanol–water partition coefficient (Wildman–Crippen LogP) is 1.73. The highest BCUT2D eigenvalue weighted by molar-refractivity contribution is 6.32. The molecule has 0 radical (unpaired) electrons. The number of benzene rings is 1. The molecule has 0 heterocycles. The van der Waals surface area contributed by atoms with Crippen LogP contribution in [0.1, 0.15) is 18.5 Å². The lowest BCUT2D eigenvalue weighted by Crippen LogP contribution is -2.23. The third-order valence-electron chi connectivity index (χ3n) is 2.08. The Labute approximate surface area is 88.4 Å². The van der Waals surface area contributed by atoms with E-state index in [9.17, 15) is 5.11 Å². The summed E-state index contributed by atoms with van der Waals surface area (Å²) in [7, 11) is 1.55. The van der Waals surface area contributed by atoms with Gasteiger partial charge in [-0.3, -0.25) is 0 Å². The first-order chi connectivity index (χ1) is 6.56. The molecule has 14 heavy (non-hydrogen) atoms. The summed E-state index contributed by atoms with van der Waals surface area (Å²) in [6.07, 6.45) is -0.598. The van der Waals surface area contributed by atoms with Gasteiger partial charge < -0.3 is 15.6 Å². The summed E-state index contributed by atoms with van der Waals surface area (Å²) in [5.41, 5.74) is 6.55. The number of rotatable bonds is 3. The van der Waals surface area contributed by atoms with Gasteiger partial charge in [0.2, 0.25) is 0 Å². The van der Waals surface area contributed by atoms with Crippen molar-refractivity contribution in [2.24, 2.45) is 5.73 Å². The van der Waals surface area contributed by atoms with Gasteiger partial charge in [0.05, 0.1) is 24.3 Å². The molecule has 1 aromatic rings. The molecule has 78 valence electrons. The summed E-state index contributed by atoms with van der Waals surface area (Å²) >= 11 is 5.92. The lowest BCUT2D eigenvalue weighted by Gasteiger charge is -2.15. The number of ether oxygens (including phenoxy) is 1. The van der Waals surface area contributed by atoms with Crippen molar-refractivity contribution in [2.45, 2.75) is 19.1 Å². The largest absolute Gasteiger partial charge is 0.495 e. The lowest BCUT2D eigenvalue weighted by atomic mass is 10.0. The molecule has 0 aromatic heterocycles. The van der Waals surface area contributed by atoms with Gasteiger partial charge in [-0.1, -0.05) is 17.7 Å². The highest BCUT2D eigenvalue weighted by atomic mass is 35.5. The summed E-state index contributed by atoms with van der Waals surface area (Å²) in [5, 5.41) is 9.79. The minimum atomic E-state index is -0.598. The van der Waals surface area contributed by atoms with E-state index in [0.717, 1.165) is 5.56 Å². The van der Waals surface area contributed by atoms with Crippen molar-refractivity contribution in [1.82, 2.24) is 0 Å². The Bertz CT molecular complexity index is 315. The summed E-state index contributed by atoms with van der Waals surface area (Å²) in [6, 6.07) is 4.82. The molecule has 4 heteroatoms. The summed E-state index contributed by atoms with van der Waals surface area (Å²) in [6.45, 7) is 1.64. The first-order valence-electron chi connectivity index (χ1n) is 4.33. The van der Waals surface area contributed by atoms with E-state index in [1.54, 1.807) is 32.2 Å². The second-order valence-corrected chi connectivity index (χ2v) is 3.57. The van der Waals surface area contributed by atoms with Gasteiger partial charge in [0.1, 0.15) is 5.75 Å². The van der Waals surface area contributed by atoms with Gasteiger partial charge in [-0.05, 0) is 24.6 Å². The van der Waals surface area contributed by atoms with Crippen molar-refractivity contribution in [3.05, 3.63) is 28.8 Å². The van der Waals surface area contributed by atoms with Crippen LogP contribution in [-0.4, -0.2) is 18.3 Å². The Morgan fingerprint density at radius 1 is 1.50 bits per heavy atom. The van der Waals surface area contributed by atoms with Crippen LogP contribution in [0.2, 0.25) is 5.02 Å². The van der Waals surface area contributed by atoms with Crippen LogP contribution in [0.4, 0.5) is 0 Å². The van der Waals surface area contributed by atoms with Gasteiger partial charge in [-0.2, -0.15) is 0 Å². The van der Waals surface area contributed by atoms with Gasteiger partial charge >= 0.3 is 0 Å². The predicted molar refractivity (Wildman–Crippen MR) is 56.6 cm³/mol. The molecule has 3 nitrogen and oxygen atoms in total. The molecule has 0 bridgehead atoms. The van der Waals surface area contributed by atoms with Crippen LogP contribution in [0.3, 0.4) is 0 Å². The molecule has 0 saturated carbocycles. The van der Waals surface area contributed by atoms with Gasteiger partial charge in [0.25, 0.3) is 0 Å². The number of halogens is 1. The molecule has 0 aliphatic carbocycles. The Morgan fingerprint density at radius 3 is 2.57 bits per heavy atom. The molecule has 0 amide bonds. The zero-order valence-electron chi connectivity index (χ0n) is 8.20. The van der Waals surface area contributed by atoms with Crippen LogP contribution >= 0.6 is 11.6 Å². The molecule has 1 aromatic carbocycles. The number of methoxy groups -OCH3 is 1. The summed E-state index contributed by atoms with van der Waals surface area (Å²) in [4.78, 5) is 0. The maximum Gasteiger partial charge on any atom is 0.137 e. The average Bonchev–Trinajstić information content (AvgIpc) is 2.16. The van der Waals surface area contributed by atoms with Crippen molar-refractivity contribution < 1.29 is 9.84 Å². The van der Waals surface area contributed by atoms with Crippen LogP contribution in [0, 0.1) is 0 Å². The molecule has 0 aliphatic heterocycles. The van der Waals surface area contributed by atoms with E-state index in [1.807, 2.05) is 0 Å². The quantitative estimate of drug-likeness (QED) is 0.808. The molecule has 0 fully saturated rings. The minimum Gasteiger partial charge on any atom is -0.495 e. The Morgan fingerprint density at radius 2 is 2.14 bits per heavy atom. The summed E-state index contributed by atoms with van der Waals surface area (Å²) in [5.74, 6) is 0.605. The number of hydrogen-bond acceptors (Lipinski definition) is 3. The normalized spacial score (nSPS) is 14.9. The van der Waals surface area contributed by atoms with E-state index in [1.165, 1.54) is 0 Å². The molecule has 1 rings (SSSR count). The number of hydrogen-bond donors (Lipinski definition) is 2. The van der Waals surface area contributed by atoms with Crippen molar-refractivity contribution in [3.63, 3.8) is 0 Å². The summed E-state index contributed by atoms with van der Waals surface area (Å²) < 4.78 is 5.00. The zero-order chi connectivity index (χ0) is 10.7. The van der Waals surface area contributed by atoms with Crippen LogP contribution in [-0.2, 0) is 0 Å². The van der Waals surface area contributed by atoms with Crippen LogP contribution in [0.5, 0.6) is 5.75 Å². The van der Waals surface area contributed by atoms with Gasteiger partial charge in [0.15, 0.2) is 0 Å². The molecular weight excluding hydrogens is 202 g/mol. The third-order valence-corrected chi connectivity index (χ3v) is 2.38. The molecule has 0 spiro atoms. The Hall–Kier alpha value is -0.770. The maximum atomic E-state index is 9.29. The van der Waals surface area contributed by atoms with E-state index < -0.39 is 12.1 Å². The van der Waals surface area contributed by atoms with Crippen LogP contribution in [0.25, 0.3) is 0 Å². The maximum absolute atomic E-state index is 9.29. The highest BCUT2D eigenvalue weighted by Crippen LogP contribution is 2.27. The fraction of sp³-hybridized carbons (Fsp3) is 0.400. The molecule has 0 saturated heterocycles. The van der Waals surface area contributed by atoms with Gasteiger partial charge in [-0.25, -0.2) is 0 Å². The minimum absolute atomic E-state index is 0.418. The Kier molecular flexibility index (Phi) is 3.75. The average molecular weight is 216 g/mol. The van der Waals surface area contributed by atoms with Gasteiger partial charge in [0, 0.05) is 0 Å². The van der Waals surface area contributed by atoms with Crippen molar-refractivity contribution in [1.29, 1.82) is 0 Å². The first kappa shape index (κ1) is 11.3. The zero-order valence-corrected chi connectivity index (χ0v) is 8.95. The fourth-order valence-corrected chi connectivity index (χ4v) is 1.43. The Balaban J connectivity index is 2.96. The van der Waals surface area contributed by atoms with E-state index >= 15 is 0 Å². The molecule has 3 N–H and O–H groups in total. The molecule has 2 atom stereocenters. The standard InChI is InChI=1S/C10H14ClNO2/c1-6(13)10(12)7-3-4-9(14-2)8(11)5-7/h3-6,10,13H,12H2,1-2H3/t6-,10+/m0/s1. The molecular formula is C10H14ClNO2. The lowest BCUT2D eigenvalue weighted by molar-refractivity contribution is 0.164. The second kappa shape index (κ2) is 4.64. The van der Waals surface area contributed by atoms with Crippen LogP contribution < -0.4 is 10.5 Å². The van der Waals surface area contributed by atoms with Crippen molar-refractivity contribution >= 4 is 11.6 Å². The first-order valence-corrected chi connectivity index (χ1v) is 4.71.